The SMILES string of the molecule is O=C(O)N1CCCC1N1CCNCC1. The fraction of sp³-hybridized carbons (Fsp3) is 0.889. The Morgan fingerprint density at radius 1 is 1.29 bits per heavy atom. The van der Waals surface area contributed by atoms with E-state index >= 15 is 0 Å². The second-order valence-electron chi connectivity index (χ2n) is 3.88. The quantitative estimate of drug-likeness (QED) is 0.623. The van der Waals surface area contributed by atoms with Gasteiger partial charge in [-0.15, -0.1) is 0 Å². The van der Waals surface area contributed by atoms with Crippen molar-refractivity contribution >= 4 is 6.09 Å². The van der Waals surface area contributed by atoms with Crippen LogP contribution in [0.2, 0.25) is 0 Å². The zero-order valence-electron chi connectivity index (χ0n) is 8.28. The van der Waals surface area contributed by atoms with Crippen molar-refractivity contribution in [1.29, 1.82) is 0 Å². The second-order valence-corrected chi connectivity index (χ2v) is 3.88. The molecule has 2 heterocycles. The highest BCUT2D eigenvalue weighted by Crippen LogP contribution is 2.20. The summed E-state index contributed by atoms with van der Waals surface area (Å²) in [4.78, 5) is 14.8. The third kappa shape index (κ3) is 1.83. The molecule has 80 valence electrons. The zero-order chi connectivity index (χ0) is 9.97. The van der Waals surface area contributed by atoms with E-state index in [9.17, 15) is 4.79 Å². The topological polar surface area (TPSA) is 55.8 Å². The molecule has 2 fully saturated rings. The Kier molecular flexibility index (Phi) is 2.88. The first kappa shape index (κ1) is 9.73. The van der Waals surface area contributed by atoms with Crippen molar-refractivity contribution in [3.8, 4) is 0 Å². The molecule has 2 aliphatic heterocycles. The molecule has 2 aliphatic rings. The summed E-state index contributed by atoms with van der Waals surface area (Å²) in [5, 5.41) is 12.3. The largest absolute Gasteiger partial charge is 0.465 e. The number of amides is 1. The third-order valence-corrected chi connectivity index (χ3v) is 3.04. The van der Waals surface area contributed by atoms with Crippen LogP contribution in [-0.4, -0.2) is 59.9 Å². The number of nitrogens with zero attached hydrogens (tertiary/aromatic N) is 2. The van der Waals surface area contributed by atoms with E-state index in [4.69, 9.17) is 5.11 Å². The van der Waals surface area contributed by atoms with Crippen LogP contribution in [0.3, 0.4) is 0 Å². The molecule has 5 nitrogen and oxygen atoms in total. The first-order valence-electron chi connectivity index (χ1n) is 5.23. The maximum atomic E-state index is 10.9. The van der Waals surface area contributed by atoms with E-state index in [1.165, 1.54) is 0 Å². The normalized spacial score (nSPS) is 29.4. The highest BCUT2D eigenvalue weighted by atomic mass is 16.4. The lowest BCUT2D eigenvalue weighted by Crippen LogP contribution is -2.53. The highest BCUT2D eigenvalue weighted by Gasteiger charge is 2.33. The Hall–Kier alpha value is -0.810. The van der Waals surface area contributed by atoms with Gasteiger partial charge in [-0.05, 0) is 12.8 Å². The predicted molar refractivity (Wildman–Crippen MR) is 52.2 cm³/mol. The van der Waals surface area contributed by atoms with Gasteiger partial charge in [0.2, 0.25) is 0 Å². The van der Waals surface area contributed by atoms with Crippen molar-refractivity contribution in [2.75, 3.05) is 32.7 Å². The van der Waals surface area contributed by atoms with E-state index in [1.807, 2.05) is 0 Å². The summed E-state index contributed by atoms with van der Waals surface area (Å²) in [6.07, 6.45) is 1.35. The number of piperazine rings is 1. The number of likely N-dealkylation sites (tertiary alicyclic amines) is 1. The summed E-state index contributed by atoms with van der Waals surface area (Å²) >= 11 is 0. The van der Waals surface area contributed by atoms with Crippen LogP contribution in [0, 0.1) is 0 Å². The third-order valence-electron chi connectivity index (χ3n) is 3.04. The van der Waals surface area contributed by atoms with Gasteiger partial charge in [0, 0.05) is 32.7 Å². The fourth-order valence-corrected chi connectivity index (χ4v) is 2.33. The Balaban J connectivity index is 1.97. The molecule has 0 bridgehead atoms. The number of carboxylic acid groups (broad SMARTS) is 1. The molecular formula is C9H17N3O2. The van der Waals surface area contributed by atoms with Gasteiger partial charge in [-0.25, -0.2) is 4.79 Å². The van der Waals surface area contributed by atoms with Gasteiger partial charge in [0.25, 0.3) is 0 Å². The van der Waals surface area contributed by atoms with Crippen molar-refractivity contribution in [1.82, 2.24) is 15.1 Å². The Morgan fingerprint density at radius 3 is 2.64 bits per heavy atom. The average Bonchev–Trinajstić information content (AvgIpc) is 2.67. The van der Waals surface area contributed by atoms with Crippen LogP contribution in [0.5, 0.6) is 0 Å². The van der Waals surface area contributed by atoms with Crippen LogP contribution in [0.25, 0.3) is 0 Å². The van der Waals surface area contributed by atoms with Crippen LogP contribution < -0.4 is 5.32 Å². The minimum absolute atomic E-state index is 0.134. The molecule has 0 aromatic rings. The van der Waals surface area contributed by atoms with Crippen molar-refractivity contribution in [2.45, 2.75) is 19.0 Å². The summed E-state index contributed by atoms with van der Waals surface area (Å²) in [7, 11) is 0. The van der Waals surface area contributed by atoms with Crippen LogP contribution >= 0.6 is 0 Å². The number of rotatable bonds is 1. The number of nitrogens with one attached hydrogen (secondary N) is 1. The minimum atomic E-state index is -0.772. The van der Waals surface area contributed by atoms with E-state index in [0.717, 1.165) is 39.0 Å². The lowest BCUT2D eigenvalue weighted by molar-refractivity contribution is 0.0608. The summed E-state index contributed by atoms with van der Waals surface area (Å²) in [5.74, 6) is 0. The maximum absolute atomic E-state index is 10.9. The standard InChI is InChI=1S/C9H17N3O2/c13-9(14)12-5-1-2-8(12)11-6-3-10-4-7-11/h8,10H,1-7H2,(H,13,14). The molecular weight excluding hydrogens is 182 g/mol. The van der Waals surface area contributed by atoms with E-state index in [0.29, 0.717) is 6.54 Å². The van der Waals surface area contributed by atoms with Gasteiger partial charge in [0.05, 0.1) is 6.17 Å². The molecule has 0 aromatic carbocycles. The summed E-state index contributed by atoms with van der Waals surface area (Å²) in [5.41, 5.74) is 0. The molecule has 0 spiro atoms. The molecule has 2 N–H and O–H groups in total. The average molecular weight is 199 g/mol. The fourth-order valence-electron chi connectivity index (χ4n) is 2.33. The van der Waals surface area contributed by atoms with Crippen molar-refractivity contribution < 1.29 is 9.90 Å². The van der Waals surface area contributed by atoms with Crippen molar-refractivity contribution in [3.63, 3.8) is 0 Å². The minimum Gasteiger partial charge on any atom is -0.465 e. The van der Waals surface area contributed by atoms with Crippen LogP contribution in [0.4, 0.5) is 4.79 Å². The molecule has 5 heteroatoms. The lowest BCUT2D eigenvalue weighted by Gasteiger charge is -2.36. The van der Waals surface area contributed by atoms with Gasteiger partial charge in [0.15, 0.2) is 0 Å². The number of hydrogen-bond donors (Lipinski definition) is 2. The highest BCUT2D eigenvalue weighted by molar-refractivity contribution is 5.65. The van der Waals surface area contributed by atoms with Gasteiger partial charge in [-0.1, -0.05) is 0 Å². The van der Waals surface area contributed by atoms with E-state index in [2.05, 4.69) is 10.2 Å². The molecule has 0 aliphatic carbocycles. The van der Waals surface area contributed by atoms with E-state index in [1.54, 1.807) is 4.90 Å². The molecule has 2 saturated heterocycles. The van der Waals surface area contributed by atoms with Gasteiger partial charge in [-0.3, -0.25) is 9.80 Å². The zero-order valence-corrected chi connectivity index (χ0v) is 8.28. The molecule has 1 amide bonds. The van der Waals surface area contributed by atoms with Crippen LogP contribution in [-0.2, 0) is 0 Å². The predicted octanol–water partition coefficient (Wildman–Crippen LogP) is -0.00850. The smallest absolute Gasteiger partial charge is 0.408 e. The van der Waals surface area contributed by atoms with Gasteiger partial charge in [-0.2, -0.15) is 0 Å². The van der Waals surface area contributed by atoms with E-state index in [-0.39, 0.29) is 6.17 Å². The summed E-state index contributed by atoms with van der Waals surface area (Å²) in [6.45, 7) is 4.58. The first-order valence-corrected chi connectivity index (χ1v) is 5.23. The molecule has 1 atom stereocenters. The van der Waals surface area contributed by atoms with Gasteiger partial charge in [0.1, 0.15) is 0 Å². The first-order chi connectivity index (χ1) is 6.79. The lowest BCUT2D eigenvalue weighted by atomic mass is 10.2. The van der Waals surface area contributed by atoms with Crippen LogP contribution in [0.15, 0.2) is 0 Å². The second kappa shape index (κ2) is 4.14. The van der Waals surface area contributed by atoms with Crippen molar-refractivity contribution in [3.05, 3.63) is 0 Å². The van der Waals surface area contributed by atoms with E-state index < -0.39 is 6.09 Å². The Morgan fingerprint density at radius 2 is 2.00 bits per heavy atom. The monoisotopic (exact) mass is 199 g/mol. The van der Waals surface area contributed by atoms with Crippen LogP contribution in [0.1, 0.15) is 12.8 Å². The number of hydrogen-bond acceptors (Lipinski definition) is 3. The Bertz CT molecular complexity index is 216. The number of carbonyl (C=O) groups is 1. The molecule has 2 rings (SSSR count). The summed E-state index contributed by atoms with van der Waals surface area (Å²) < 4.78 is 0. The summed E-state index contributed by atoms with van der Waals surface area (Å²) in [6, 6.07) is 0. The molecule has 0 aromatic heterocycles. The molecule has 0 saturated carbocycles. The Labute approximate surface area is 83.7 Å². The van der Waals surface area contributed by atoms with Crippen molar-refractivity contribution in [2.24, 2.45) is 0 Å². The van der Waals surface area contributed by atoms with Gasteiger partial charge < -0.3 is 10.4 Å². The molecule has 0 radical (unpaired) electrons. The molecule has 14 heavy (non-hydrogen) atoms. The van der Waals surface area contributed by atoms with Gasteiger partial charge >= 0.3 is 6.09 Å². The molecule has 1 unspecified atom stereocenters. The maximum Gasteiger partial charge on any atom is 0.408 e.